The topological polar surface area (TPSA) is 92.4 Å². The summed E-state index contributed by atoms with van der Waals surface area (Å²) in [6.07, 6.45) is 4.43. The zero-order valence-corrected chi connectivity index (χ0v) is 9.96. The Labute approximate surface area is 104 Å². The first kappa shape index (κ1) is 12.6. The molecule has 0 unspecified atom stereocenters. The van der Waals surface area contributed by atoms with E-state index in [0.717, 1.165) is 12.8 Å². The van der Waals surface area contributed by atoms with E-state index in [1.54, 1.807) is 0 Å². The molecule has 0 radical (unpaired) electrons. The molecule has 18 heavy (non-hydrogen) atoms. The fraction of sp³-hybridized carbons (Fsp3) is 0.583. The van der Waals surface area contributed by atoms with Crippen LogP contribution in [0.4, 0.5) is 0 Å². The van der Waals surface area contributed by atoms with E-state index >= 15 is 0 Å². The van der Waals surface area contributed by atoms with Crippen molar-refractivity contribution < 1.29 is 19.2 Å². The first-order chi connectivity index (χ1) is 8.66. The van der Waals surface area contributed by atoms with Gasteiger partial charge in [0.15, 0.2) is 5.69 Å². The highest BCUT2D eigenvalue weighted by atomic mass is 16.5. The maximum absolute atomic E-state index is 11.6. The van der Waals surface area contributed by atoms with E-state index in [0.29, 0.717) is 25.3 Å². The summed E-state index contributed by atoms with van der Waals surface area (Å²) in [6, 6.07) is 1.51. The van der Waals surface area contributed by atoms with Crippen LogP contribution < -0.4 is 5.32 Å². The molecule has 1 fully saturated rings. The molecular weight excluding hydrogens is 236 g/mol. The number of carbonyl (C=O) groups excluding carboxylic acids is 1. The first-order valence-corrected chi connectivity index (χ1v) is 6.08. The Morgan fingerprint density at radius 1 is 1.39 bits per heavy atom. The van der Waals surface area contributed by atoms with Gasteiger partial charge in [-0.05, 0) is 31.6 Å². The molecule has 1 amide bonds. The van der Waals surface area contributed by atoms with Crippen LogP contribution in [0.25, 0.3) is 0 Å². The van der Waals surface area contributed by atoms with Crippen LogP contribution in [0.1, 0.15) is 36.2 Å². The number of nitrogens with one attached hydrogen (secondary N) is 1. The SMILES string of the molecule is O=C(NCC1CCC(C(=O)O)CC1)c1ccon1. The molecule has 0 bridgehead atoms. The molecule has 1 aromatic rings. The Kier molecular flexibility index (Phi) is 3.96. The number of amides is 1. The molecule has 0 saturated heterocycles. The second kappa shape index (κ2) is 5.66. The number of nitrogens with zero attached hydrogens (tertiary/aromatic N) is 1. The van der Waals surface area contributed by atoms with Gasteiger partial charge in [0.05, 0.1) is 5.92 Å². The molecule has 1 saturated carbocycles. The average molecular weight is 252 g/mol. The molecule has 1 aliphatic rings. The number of carboxylic acid groups (broad SMARTS) is 1. The first-order valence-electron chi connectivity index (χ1n) is 6.08. The lowest BCUT2D eigenvalue weighted by molar-refractivity contribution is -0.143. The third kappa shape index (κ3) is 3.09. The number of aliphatic carboxylic acids is 1. The van der Waals surface area contributed by atoms with Crippen molar-refractivity contribution in [3.63, 3.8) is 0 Å². The Balaban J connectivity index is 1.72. The second-order valence-electron chi connectivity index (χ2n) is 4.65. The van der Waals surface area contributed by atoms with Crippen molar-refractivity contribution in [1.29, 1.82) is 0 Å². The maximum Gasteiger partial charge on any atom is 0.306 e. The molecule has 98 valence electrons. The summed E-state index contributed by atoms with van der Waals surface area (Å²) in [5.74, 6) is -0.812. The van der Waals surface area contributed by atoms with Gasteiger partial charge in [-0.25, -0.2) is 0 Å². The fourth-order valence-corrected chi connectivity index (χ4v) is 2.27. The van der Waals surface area contributed by atoms with Crippen molar-refractivity contribution in [2.45, 2.75) is 25.7 Å². The largest absolute Gasteiger partial charge is 0.481 e. The van der Waals surface area contributed by atoms with Gasteiger partial charge in [0, 0.05) is 12.6 Å². The van der Waals surface area contributed by atoms with Crippen LogP contribution in [-0.4, -0.2) is 28.7 Å². The van der Waals surface area contributed by atoms with Crippen LogP contribution in [0.3, 0.4) is 0 Å². The zero-order valence-electron chi connectivity index (χ0n) is 9.96. The molecule has 0 atom stereocenters. The van der Waals surface area contributed by atoms with Gasteiger partial charge in [-0.2, -0.15) is 0 Å². The van der Waals surface area contributed by atoms with Crippen LogP contribution in [-0.2, 0) is 4.79 Å². The van der Waals surface area contributed by atoms with Crippen LogP contribution in [0.2, 0.25) is 0 Å². The lowest BCUT2D eigenvalue weighted by Gasteiger charge is -2.25. The quantitative estimate of drug-likeness (QED) is 0.842. The smallest absolute Gasteiger partial charge is 0.306 e. The Hall–Kier alpha value is -1.85. The summed E-state index contributed by atoms with van der Waals surface area (Å²) in [5.41, 5.74) is 0.272. The summed E-state index contributed by atoms with van der Waals surface area (Å²) in [7, 11) is 0. The van der Waals surface area contributed by atoms with Crippen LogP contribution in [0, 0.1) is 11.8 Å². The van der Waals surface area contributed by atoms with Gasteiger partial charge in [-0.15, -0.1) is 0 Å². The Morgan fingerprint density at radius 2 is 2.11 bits per heavy atom. The van der Waals surface area contributed by atoms with E-state index < -0.39 is 5.97 Å². The van der Waals surface area contributed by atoms with E-state index in [-0.39, 0.29) is 17.5 Å². The van der Waals surface area contributed by atoms with E-state index in [9.17, 15) is 9.59 Å². The maximum atomic E-state index is 11.6. The van der Waals surface area contributed by atoms with Crippen molar-refractivity contribution in [2.75, 3.05) is 6.54 Å². The van der Waals surface area contributed by atoms with Gasteiger partial charge in [0.2, 0.25) is 0 Å². The van der Waals surface area contributed by atoms with E-state index in [1.807, 2.05) is 0 Å². The molecule has 2 N–H and O–H groups in total. The third-order valence-electron chi connectivity index (χ3n) is 3.42. The van der Waals surface area contributed by atoms with Gasteiger partial charge in [0.25, 0.3) is 5.91 Å². The molecule has 0 spiro atoms. The van der Waals surface area contributed by atoms with Gasteiger partial charge in [-0.1, -0.05) is 5.16 Å². The number of rotatable bonds is 4. The minimum absolute atomic E-state index is 0.215. The van der Waals surface area contributed by atoms with Gasteiger partial charge in [0.1, 0.15) is 6.26 Å². The summed E-state index contributed by atoms with van der Waals surface area (Å²) in [5, 5.41) is 15.2. The van der Waals surface area contributed by atoms with Crippen molar-refractivity contribution in [3.05, 3.63) is 18.0 Å². The number of carboxylic acids is 1. The lowest BCUT2D eigenvalue weighted by atomic mass is 9.82. The second-order valence-corrected chi connectivity index (χ2v) is 4.65. The van der Waals surface area contributed by atoms with Crippen molar-refractivity contribution >= 4 is 11.9 Å². The Morgan fingerprint density at radius 3 is 2.67 bits per heavy atom. The summed E-state index contributed by atoms with van der Waals surface area (Å²) in [4.78, 5) is 22.4. The van der Waals surface area contributed by atoms with Crippen molar-refractivity contribution in [1.82, 2.24) is 10.5 Å². The molecule has 1 aromatic heterocycles. The van der Waals surface area contributed by atoms with Gasteiger partial charge < -0.3 is 14.9 Å². The molecule has 0 aliphatic heterocycles. The normalized spacial score (nSPS) is 23.6. The monoisotopic (exact) mass is 252 g/mol. The third-order valence-corrected chi connectivity index (χ3v) is 3.42. The molecule has 1 heterocycles. The molecule has 2 rings (SSSR count). The average Bonchev–Trinajstić information content (AvgIpc) is 2.90. The number of hydrogen-bond donors (Lipinski definition) is 2. The fourth-order valence-electron chi connectivity index (χ4n) is 2.27. The minimum atomic E-state index is -0.708. The van der Waals surface area contributed by atoms with Crippen molar-refractivity contribution in [3.8, 4) is 0 Å². The standard InChI is InChI=1S/C12H16N2O4/c15-11(10-5-6-18-14-10)13-7-8-1-3-9(4-2-8)12(16)17/h5-6,8-9H,1-4,7H2,(H,13,15)(H,16,17). The number of carbonyl (C=O) groups is 2. The van der Waals surface area contributed by atoms with Gasteiger partial charge in [-0.3, -0.25) is 9.59 Å². The molecular formula is C12H16N2O4. The summed E-state index contributed by atoms with van der Waals surface area (Å²) < 4.78 is 4.59. The summed E-state index contributed by atoms with van der Waals surface area (Å²) >= 11 is 0. The predicted octanol–water partition coefficient (Wildman–Crippen LogP) is 1.30. The van der Waals surface area contributed by atoms with Crippen molar-refractivity contribution in [2.24, 2.45) is 11.8 Å². The van der Waals surface area contributed by atoms with Gasteiger partial charge >= 0.3 is 5.97 Å². The highest BCUT2D eigenvalue weighted by molar-refractivity contribution is 5.91. The van der Waals surface area contributed by atoms with E-state index in [4.69, 9.17) is 5.11 Å². The van der Waals surface area contributed by atoms with Crippen LogP contribution in [0.15, 0.2) is 16.9 Å². The molecule has 0 aromatic carbocycles. The predicted molar refractivity (Wildman–Crippen MR) is 61.9 cm³/mol. The lowest BCUT2D eigenvalue weighted by Crippen LogP contribution is -2.32. The van der Waals surface area contributed by atoms with Crippen LogP contribution in [0.5, 0.6) is 0 Å². The van der Waals surface area contributed by atoms with E-state index in [1.165, 1.54) is 12.3 Å². The summed E-state index contributed by atoms with van der Waals surface area (Å²) in [6.45, 7) is 0.567. The molecule has 1 aliphatic carbocycles. The van der Waals surface area contributed by atoms with E-state index in [2.05, 4.69) is 15.0 Å². The molecule has 6 nitrogen and oxygen atoms in total. The minimum Gasteiger partial charge on any atom is -0.481 e. The van der Waals surface area contributed by atoms with Crippen LogP contribution >= 0.6 is 0 Å². The molecule has 6 heteroatoms. The number of hydrogen-bond acceptors (Lipinski definition) is 4. The highest BCUT2D eigenvalue weighted by Gasteiger charge is 2.26. The number of aromatic nitrogens is 1. The Bertz CT molecular complexity index is 408. The highest BCUT2D eigenvalue weighted by Crippen LogP contribution is 2.28. The zero-order chi connectivity index (χ0) is 13.0.